The van der Waals surface area contributed by atoms with Gasteiger partial charge in [0.25, 0.3) is 0 Å². The van der Waals surface area contributed by atoms with Crippen LogP contribution in [0.3, 0.4) is 0 Å². The topological polar surface area (TPSA) is 78.5 Å². The Balaban J connectivity index is 2.34. The van der Waals surface area contributed by atoms with Crippen LogP contribution < -0.4 is 10.4 Å². The minimum absolute atomic E-state index is 0.143. The SMILES string of the molecule is C[C@@H](NC(=O)COCC(=O)[O-])c1ccccc1. The molecule has 92 valence electrons. The monoisotopic (exact) mass is 236 g/mol. The highest BCUT2D eigenvalue weighted by molar-refractivity contribution is 5.78. The Morgan fingerprint density at radius 2 is 1.94 bits per heavy atom. The molecule has 0 aliphatic rings. The lowest BCUT2D eigenvalue weighted by Crippen LogP contribution is -2.33. The van der Waals surface area contributed by atoms with Gasteiger partial charge in [0.05, 0.1) is 18.6 Å². The summed E-state index contributed by atoms with van der Waals surface area (Å²) < 4.78 is 4.62. The Kier molecular flexibility index (Phi) is 5.16. The molecule has 1 N–H and O–H groups in total. The zero-order chi connectivity index (χ0) is 12.7. The molecule has 1 rings (SSSR count). The number of amides is 1. The van der Waals surface area contributed by atoms with Gasteiger partial charge in [0.15, 0.2) is 0 Å². The zero-order valence-electron chi connectivity index (χ0n) is 9.51. The molecule has 0 aliphatic heterocycles. The van der Waals surface area contributed by atoms with Gasteiger partial charge in [-0.05, 0) is 12.5 Å². The van der Waals surface area contributed by atoms with E-state index in [2.05, 4.69) is 10.1 Å². The lowest BCUT2D eigenvalue weighted by atomic mass is 10.1. The molecular weight excluding hydrogens is 222 g/mol. The van der Waals surface area contributed by atoms with Gasteiger partial charge in [-0.25, -0.2) is 0 Å². The molecule has 0 radical (unpaired) electrons. The van der Waals surface area contributed by atoms with Crippen LogP contribution >= 0.6 is 0 Å². The van der Waals surface area contributed by atoms with Gasteiger partial charge < -0.3 is 20.0 Å². The highest BCUT2D eigenvalue weighted by Gasteiger charge is 2.08. The van der Waals surface area contributed by atoms with Crippen LogP contribution in [0.1, 0.15) is 18.5 Å². The normalized spacial score (nSPS) is 11.8. The van der Waals surface area contributed by atoms with Crippen LogP contribution in [0, 0.1) is 0 Å². The molecule has 0 saturated carbocycles. The first kappa shape index (κ1) is 13.2. The Bertz CT molecular complexity index is 377. The van der Waals surface area contributed by atoms with Crippen molar-refractivity contribution in [2.24, 2.45) is 0 Å². The predicted octanol–water partition coefficient (Wildman–Crippen LogP) is -0.370. The molecule has 0 aromatic heterocycles. The molecule has 0 heterocycles. The molecule has 0 fully saturated rings. The van der Waals surface area contributed by atoms with Crippen molar-refractivity contribution in [3.05, 3.63) is 35.9 Å². The Hall–Kier alpha value is -1.88. The van der Waals surface area contributed by atoms with Gasteiger partial charge in [0.1, 0.15) is 6.61 Å². The minimum Gasteiger partial charge on any atom is -0.548 e. The first-order valence-corrected chi connectivity index (χ1v) is 5.21. The average Bonchev–Trinajstić information content (AvgIpc) is 2.29. The number of hydrogen-bond acceptors (Lipinski definition) is 4. The predicted molar refractivity (Wildman–Crippen MR) is 58.8 cm³/mol. The maximum absolute atomic E-state index is 11.4. The third kappa shape index (κ3) is 5.12. The summed E-state index contributed by atoms with van der Waals surface area (Å²) >= 11 is 0. The Labute approximate surface area is 99.4 Å². The van der Waals surface area contributed by atoms with Gasteiger partial charge in [-0.3, -0.25) is 4.79 Å². The van der Waals surface area contributed by atoms with E-state index in [1.807, 2.05) is 37.3 Å². The quantitative estimate of drug-likeness (QED) is 0.731. The van der Waals surface area contributed by atoms with Gasteiger partial charge in [-0.2, -0.15) is 0 Å². The second kappa shape index (κ2) is 6.65. The third-order valence-corrected chi connectivity index (χ3v) is 2.13. The van der Waals surface area contributed by atoms with E-state index in [9.17, 15) is 14.7 Å². The van der Waals surface area contributed by atoms with Crippen molar-refractivity contribution in [1.29, 1.82) is 0 Å². The molecule has 1 aromatic carbocycles. The van der Waals surface area contributed by atoms with Crippen molar-refractivity contribution in [2.75, 3.05) is 13.2 Å². The fraction of sp³-hybridized carbons (Fsp3) is 0.333. The Morgan fingerprint density at radius 3 is 2.53 bits per heavy atom. The van der Waals surface area contributed by atoms with Crippen LogP contribution in [0.15, 0.2) is 30.3 Å². The van der Waals surface area contributed by atoms with Crippen molar-refractivity contribution < 1.29 is 19.4 Å². The molecule has 1 amide bonds. The van der Waals surface area contributed by atoms with E-state index in [-0.39, 0.29) is 18.6 Å². The van der Waals surface area contributed by atoms with Gasteiger partial charge in [-0.1, -0.05) is 30.3 Å². The van der Waals surface area contributed by atoms with E-state index in [1.54, 1.807) is 0 Å². The number of ether oxygens (including phenoxy) is 1. The fourth-order valence-corrected chi connectivity index (χ4v) is 1.34. The summed E-state index contributed by atoms with van der Waals surface area (Å²) in [6.07, 6.45) is 0. The maximum Gasteiger partial charge on any atom is 0.246 e. The number of carboxylic acids is 1. The summed E-state index contributed by atoms with van der Waals surface area (Å²) in [5.41, 5.74) is 0.973. The second-order valence-electron chi connectivity index (χ2n) is 3.56. The molecule has 0 bridgehead atoms. The van der Waals surface area contributed by atoms with Gasteiger partial charge in [0.2, 0.25) is 5.91 Å². The van der Waals surface area contributed by atoms with E-state index >= 15 is 0 Å². The van der Waals surface area contributed by atoms with Crippen molar-refractivity contribution in [3.63, 3.8) is 0 Å². The number of carboxylic acid groups (broad SMARTS) is 1. The summed E-state index contributed by atoms with van der Waals surface area (Å²) in [4.78, 5) is 21.4. The molecule has 0 spiro atoms. The number of hydrogen-bond donors (Lipinski definition) is 1. The molecule has 1 aromatic rings. The lowest BCUT2D eigenvalue weighted by Gasteiger charge is -2.14. The van der Waals surface area contributed by atoms with Crippen LogP contribution in [0.4, 0.5) is 0 Å². The van der Waals surface area contributed by atoms with Crippen LogP contribution in [0.2, 0.25) is 0 Å². The fourth-order valence-electron chi connectivity index (χ4n) is 1.34. The Morgan fingerprint density at radius 1 is 1.29 bits per heavy atom. The van der Waals surface area contributed by atoms with Gasteiger partial charge in [0, 0.05) is 0 Å². The van der Waals surface area contributed by atoms with E-state index in [4.69, 9.17) is 0 Å². The summed E-state index contributed by atoms with van der Waals surface area (Å²) in [6.45, 7) is 0.976. The molecule has 5 heteroatoms. The molecule has 0 aliphatic carbocycles. The molecule has 5 nitrogen and oxygen atoms in total. The largest absolute Gasteiger partial charge is 0.548 e. The number of carbonyl (C=O) groups is 2. The molecule has 1 atom stereocenters. The van der Waals surface area contributed by atoms with Crippen molar-refractivity contribution in [3.8, 4) is 0 Å². The summed E-state index contributed by atoms with van der Waals surface area (Å²) in [5, 5.41) is 12.7. The molecule has 17 heavy (non-hydrogen) atoms. The highest BCUT2D eigenvalue weighted by atomic mass is 16.5. The van der Waals surface area contributed by atoms with Crippen molar-refractivity contribution in [2.45, 2.75) is 13.0 Å². The van der Waals surface area contributed by atoms with E-state index in [0.29, 0.717) is 0 Å². The maximum atomic E-state index is 11.4. The smallest absolute Gasteiger partial charge is 0.246 e. The van der Waals surface area contributed by atoms with E-state index in [1.165, 1.54) is 0 Å². The second-order valence-corrected chi connectivity index (χ2v) is 3.56. The first-order valence-electron chi connectivity index (χ1n) is 5.21. The summed E-state index contributed by atoms with van der Waals surface area (Å²) in [6, 6.07) is 9.30. The van der Waals surface area contributed by atoms with Gasteiger partial charge in [-0.15, -0.1) is 0 Å². The van der Waals surface area contributed by atoms with Gasteiger partial charge >= 0.3 is 0 Å². The van der Waals surface area contributed by atoms with Crippen LogP contribution in [0.25, 0.3) is 0 Å². The number of aliphatic carboxylic acids is 1. The van der Waals surface area contributed by atoms with Crippen molar-refractivity contribution >= 4 is 11.9 Å². The summed E-state index contributed by atoms with van der Waals surface area (Å²) in [5.74, 6) is -1.70. The third-order valence-electron chi connectivity index (χ3n) is 2.13. The number of nitrogens with one attached hydrogen (secondary N) is 1. The van der Waals surface area contributed by atoms with Crippen LogP contribution in [-0.2, 0) is 14.3 Å². The van der Waals surface area contributed by atoms with Crippen molar-refractivity contribution in [1.82, 2.24) is 5.32 Å². The van der Waals surface area contributed by atoms with Crippen LogP contribution in [0.5, 0.6) is 0 Å². The van der Waals surface area contributed by atoms with E-state index in [0.717, 1.165) is 5.56 Å². The number of rotatable bonds is 6. The van der Waals surface area contributed by atoms with E-state index < -0.39 is 12.6 Å². The minimum atomic E-state index is -1.34. The van der Waals surface area contributed by atoms with Crippen LogP contribution in [-0.4, -0.2) is 25.1 Å². The average molecular weight is 236 g/mol. The summed E-state index contributed by atoms with van der Waals surface area (Å²) in [7, 11) is 0. The standard InChI is InChI=1S/C12H15NO4/c1-9(10-5-3-2-4-6-10)13-11(14)7-17-8-12(15)16/h2-6,9H,7-8H2,1H3,(H,13,14)(H,15,16)/p-1/t9-/m1/s1. The molecule has 0 unspecified atom stereocenters. The molecular formula is C12H14NO4-. The number of carbonyl (C=O) groups excluding carboxylic acids is 2. The highest BCUT2D eigenvalue weighted by Crippen LogP contribution is 2.10. The molecule has 0 saturated heterocycles. The zero-order valence-corrected chi connectivity index (χ0v) is 9.51. The number of benzene rings is 1. The lowest BCUT2D eigenvalue weighted by molar-refractivity contribution is -0.309. The first-order chi connectivity index (χ1) is 8.09.